The fourth-order valence-electron chi connectivity index (χ4n) is 2.49. The van der Waals surface area contributed by atoms with E-state index in [4.69, 9.17) is 0 Å². The van der Waals surface area contributed by atoms with Crippen molar-refractivity contribution in [3.63, 3.8) is 0 Å². The van der Waals surface area contributed by atoms with Gasteiger partial charge in [0.15, 0.2) is 10.0 Å². The number of hydrogen-bond donors (Lipinski definition) is 2. The molecule has 0 spiro atoms. The lowest BCUT2D eigenvalue weighted by molar-refractivity contribution is 0.521. The van der Waals surface area contributed by atoms with Crippen LogP contribution in [0.25, 0.3) is 0 Å². The maximum atomic E-state index is 14.4. The van der Waals surface area contributed by atoms with Gasteiger partial charge in [-0.15, -0.1) is 11.3 Å². The Kier molecular flexibility index (Phi) is 5.38. The topological polar surface area (TPSA) is 71.1 Å². The molecule has 0 aliphatic carbocycles. The van der Waals surface area contributed by atoms with Gasteiger partial charge in [0, 0.05) is 22.8 Å². The number of halogens is 3. The summed E-state index contributed by atoms with van der Waals surface area (Å²) in [6, 6.07) is 7.07. The van der Waals surface area contributed by atoms with Gasteiger partial charge >= 0.3 is 0 Å². The van der Waals surface area contributed by atoms with E-state index in [1.807, 2.05) is 4.72 Å². The second-order valence-electron chi connectivity index (χ2n) is 5.60. The summed E-state index contributed by atoms with van der Waals surface area (Å²) in [5.41, 5.74) is 0.286. The number of benzene rings is 2. The molecule has 1 atom stereocenters. The number of anilines is 2. The summed E-state index contributed by atoms with van der Waals surface area (Å²) in [7, 11) is -4.49. The minimum Gasteiger partial charge on any atom is -0.378 e. The van der Waals surface area contributed by atoms with Gasteiger partial charge in [-0.25, -0.2) is 26.6 Å². The van der Waals surface area contributed by atoms with Crippen molar-refractivity contribution >= 4 is 32.2 Å². The van der Waals surface area contributed by atoms with Crippen LogP contribution < -0.4 is 10.0 Å². The quantitative estimate of drug-likeness (QED) is 0.623. The Labute approximate surface area is 157 Å². The zero-order chi connectivity index (χ0) is 19.6. The Morgan fingerprint density at radius 2 is 1.74 bits per heavy atom. The zero-order valence-electron chi connectivity index (χ0n) is 13.9. The summed E-state index contributed by atoms with van der Waals surface area (Å²) in [5, 5.41) is 4.26. The van der Waals surface area contributed by atoms with Crippen molar-refractivity contribution in [1.29, 1.82) is 0 Å². The highest BCUT2D eigenvalue weighted by atomic mass is 32.2. The Hall–Kier alpha value is -2.59. The van der Waals surface area contributed by atoms with E-state index in [1.54, 1.807) is 13.0 Å². The van der Waals surface area contributed by atoms with Crippen LogP contribution in [0, 0.1) is 17.5 Å². The monoisotopic (exact) mass is 413 g/mol. The fourth-order valence-corrected chi connectivity index (χ4v) is 4.40. The summed E-state index contributed by atoms with van der Waals surface area (Å²) >= 11 is 0.973. The highest BCUT2D eigenvalue weighted by Crippen LogP contribution is 2.28. The molecule has 1 aromatic heterocycles. The highest BCUT2D eigenvalue weighted by molar-refractivity contribution is 7.93. The van der Waals surface area contributed by atoms with Crippen molar-refractivity contribution in [1.82, 2.24) is 4.98 Å². The maximum absolute atomic E-state index is 14.4. The molecule has 0 bridgehead atoms. The first-order chi connectivity index (χ1) is 12.8. The van der Waals surface area contributed by atoms with E-state index < -0.39 is 38.4 Å². The molecule has 0 fully saturated rings. The second-order valence-corrected chi connectivity index (χ2v) is 8.11. The number of sulfonamides is 1. The first-order valence-corrected chi connectivity index (χ1v) is 10.1. The largest absolute Gasteiger partial charge is 0.378 e. The van der Waals surface area contributed by atoms with E-state index in [2.05, 4.69) is 10.3 Å². The van der Waals surface area contributed by atoms with E-state index in [-0.39, 0.29) is 10.8 Å². The zero-order valence-corrected chi connectivity index (χ0v) is 15.5. The molecule has 3 rings (SSSR count). The molecule has 0 radical (unpaired) electrons. The van der Waals surface area contributed by atoms with Crippen LogP contribution in [-0.2, 0) is 10.0 Å². The molecule has 0 saturated carbocycles. The molecular weight excluding hydrogens is 399 g/mol. The van der Waals surface area contributed by atoms with Gasteiger partial charge in [-0.2, -0.15) is 0 Å². The first kappa shape index (κ1) is 19.2. The molecule has 1 heterocycles. The molecule has 142 valence electrons. The van der Waals surface area contributed by atoms with Crippen molar-refractivity contribution in [3.8, 4) is 0 Å². The standard InChI is InChI=1S/C17H14F3N3O2S2/c1-10(12-4-2-3-5-13(12)18)22-11-8-14(19)16(15(20)9-11)27(24,25)23-17-21-6-7-26-17/h2-10,22H,1H3,(H,21,23). The first-order valence-electron chi connectivity index (χ1n) is 7.70. The minimum atomic E-state index is -4.49. The predicted octanol–water partition coefficient (Wildman–Crippen LogP) is 4.53. The third kappa shape index (κ3) is 4.22. The summed E-state index contributed by atoms with van der Waals surface area (Å²) in [6.07, 6.45) is 1.35. The summed E-state index contributed by atoms with van der Waals surface area (Å²) < 4.78 is 69.1. The van der Waals surface area contributed by atoms with Gasteiger partial charge in [-0.1, -0.05) is 18.2 Å². The Morgan fingerprint density at radius 3 is 2.33 bits per heavy atom. The highest BCUT2D eigenvalue weighted by Gasteiger charge is 2.26. The van der Waals surface area contributed by atoms with Crippen LogP contribution in [0.2, 0.25) is 0 Å². The van der Waals surface area contributed by atoms with E-state index in [1.165, 1.54) is 29.8 Å². The van der Waals surface area contributed by atoms with Crippen LogP contribution in [0.4, 0.5) is 24.0 Å². The number of nitrogens with one attached hydrogen (secondary N) is 2. The second kappa shape index (κ2) is 7.57. The van der Waals surface area contributed by atoms with Crippen molar-refractivity contribution in [2.24, 2.45) is 0 Å². The lowest BCUT2D eigenvalue weighted by atomic mass is 10.1. The van der Waals surface area contributed by atoms with Gasteiger partial charge < -0.3 is 5.32 Å². The van der Waals surface area contributed by atoms with Crippen LogP contribution in [0.15, 0.2) is 52.9 Å². The third-order valence-corrected chi connectivity index (χ3v) is 5.88. The number of hydrogen-bond acceptors (Lipinski definition) is 5. The van der Waals surface area contributed by atoms with Crippen molar-refractivity contribution in [2.75, 3.05) is 10.0 Å². The van der Waals surface area contributed by atoms with Gasteiger partial charge in [0.1, 0.15) is 17.5 Å². The van der Waals surface area contributed by atoms with Crippen LogP contribution in [-0.4, -0.2) is 13.4 Å². The Bertz CT molecular complexity index is 1030. The summed E-state index contributed by atoms with van der Waals surface area (Å²) in [5.74, 6) is -3.02. The van der Waals surface area contributed by atoms with Gasteiger partial charge in [0.25, 0.3) is 10.0 Å². The van der Waals surface area contributed by atoms with Crippen LogP contribution in [0.5, 0.6) is 0 Å². The molecule has 1 unspecified atom stereocenters. The van der Waals surface area contributed by atoms with Crippen molar-refractivity contribution < 1.29 is 21.6 Å². The molecule has 0 aliphatic heterocycles. The lowest BCUT2D eigenvalue weighted by Crippen LogP contribution is -2.17. The normalized spacial score (nSPS) is 12.6. The minimum absolute atomic E-state index is 0.0100. The van der Waals surface area contributed by atoms with Crippen LogP contribution in [0.3, 0.4) is 0 Å². The predicted molar refractivity (Wildman–Crippen MR) is 97.7 cm³/mol. The smallest absolute Gasteiger partial charge is 0.269 e. The van der Waals surface area contributed by atoms with Crippen LogP contribution in [0.1, 0.15) is 18.5 Å². The van der Waals surface area contributed by atoms with E-state index in [0.29, 0.717) is 5.56 Å². The molecular formula is C17H14F3N3O2S2. The SMILES string of the molecule is CC(Nc1cc(F)c(S(=O)(=O)Nc2nccs2)c(F)c1)c1ccccc1F. The number of thiazole rings is 1. The molecule has 0 saturated heterocycles. The summed E-state index contributed by atoms with van der Waals surface area (Å²) in [4.78, 5) is 2.61. The number of nitrogens with zero attached hydrogens (tertiary/aromatic N) is 1. The fraction of sp³-hybridized carbons (Fsp3) is 0.118. The average Bonchev–Trinajstić information content (AvgIpc) is 3.06. The molecule has 27 heavy (non-hydrogen) atoms. The molecule has 2 N–H and O–H groups in total. The molecule has 0 aliphatic rings. The lowest BCUT2D eigenvalue weighted by Gasteiger charge is -2.17. The molecule has 3 aromatic rings. The Morgan fingerprint density at radius 1 is 1.07 bits per heavy atom. The Balaban J connectivity index is 1.88. The van der Waals surface area contributed by atoms with E-state index >= 15 is 0 Å². The van der Waals surface area contributed by atoms with Crippen molar-refractivity contribution in [2.45, 2.75) is 17.9 Å². The maximum Gasteiger partial charge on any atom is 0.269 e. The molecule has 2 aromatic carbocycles. The van der Waals surface area contributed by atoms with Crippen LogP contribution >= 0.6 is 11.3 Å². The van der Waals surface area contributed by atoms with E-state index in [9.17, 15) is 21.6 Å². The summed E-state index contributed by atoms with van der Waals surface area (Å²) in [6.45, 7) is 1.61. The van der Waals surface area contributed by atoms with Gasteiger partial charge in [-0.3, -0.25) is 4.72 Å². The average molecular weight is 413 g/mol. The molecule has 10 heteroatoms. The van der Waals surface area contributed by atoms with E-state index in [0.717, 1.165) is 23.5 Å². The third-order valence-electron chi connectivity index (χ3n) is 3.68. The van der Waals surface area contributed by atoms with Crippen molar-refractivity contribution in [3.05, 3.63) is 71.0 Å². The van der Waals surface area contributed by atoms with Gasteiger partial charge in [0.2, 0.25) is 0 Å². The number of aromatic nitrogens is 1. The molecule has 5 nitrogen and oxygen atoms in total. The van der Waals surface area contributed by atoms with Gasteiger partial charge in [-0.05, 0) is 25.1 Å². The van der Waals surface area contributed by atoms with Gasteiger partial charge in [0.05, 0.1) is 6.04 Å². The molecule has 0 amide bonds. The number of rotatable bonds is 6.